The molecule has 4 heteroatoms. The monoisotopic (exact) mass is 243 g/mol. The highest BCUT2D eigenvalue weighted by molar-refractivity contribution is 5.79. The van der Waals surface area contributed by atoms with Gasteiger partial charge in [-0.25, -0.2) is 0 Å². The zero-order chi connectivity index (χ0) is 12.9. The minimum atomic E-state index is -0.955. The van der Waals surface area contributed by atoms with Crippen molar-refractivity contribution in [2.75, 3.05) is 13.7 Å². The Morgan fingerprint density at radius 2 is 2.06 bits per heavy atom. The summed E-state index contributed by atoms with van der Waals surface area (Å²) in [7, 11) is 1.36. The van der Waals surface area contributed by atoms with Crippen molar-refractivity contribution in [1.82, 2.24) is 0 Å². The van der Waals surface area contributed by atoms with Gasteiger partial charge in [-0.15, -0.1) is 0 Å². The summed E-state index contributed by atoms with van der Waals surface area (Å²) in [5.74, 6) is 0.313. The number of carbonyl (C=O) groups is 1. The average molecular weight is 243 g/mol. The molecule has 0 aromatic rings. The van der Waals surface area contributed by atoms with Crippen LogP contribution in [0.1, 0.15) is 46.0 Å². The van der Waals surface area contributed by atoms with Crippen LogP contribution in [-0.4, -0.2) is 31.3 Å². The predicted octanol–water partition coefficient (Wildman–Crippen LogP) is 1.86. The molecule has 0 radical (unpaired) electrons. The van der Waals surface area contributed by atoms with Crippen molar-refractivity contribution >= 4 is 5.97 Å². The number of methoxy groups -OCH3 is 1. The zero-order valence-electron chi connectivity index (χ0n) is 11.2. The Hall–Kier alpha value is -0.610. The van der Waals surface area contributed by atoms with Gasteiger partial charge in [0.15, 0.2) is 0 Å². The van der Waals surface area contributed by atoms with E-state index >= 15 is 0 Å². The van der Waals surface area contributed by atoms with E-state index in [1.54, 1.807) is 6.92 Å². The molecule has 0 saturated heterocycles. The van der Waals surface area contributed by atoms with Crippen molar-refractivity contribution in [3.8, 4) is 0 Å². The molecule has 1 aliphatic rings. The molecule has 4 nitrogen and oxygen atoms in total. The van der Waals surface area contributed by atoms with Gasteiger partial charge >= 0.3 is 5.97 Å². The van der Waals surface area contributed by atoms with Crippen LogP contribution in [0.15, 0.2) is 0 Å². The van der Waals surface area contributed by atoms with Crippen molar-refractivity contribution < 1.29 is 14.3 Å². The average Bonchev–Trinajstić information content (AvgIpc) is 2.77. The van der Waals surface area contributed by atoms with Crippen molar-refractivity contribution in [3.63, 3.8) is 0 Å². The molecular weight excluding hydrogens is 218 g/mol. The molecule has 17 heavy (non-hydrogen) atoms. The second kappa shape index (κ2) is 6.36. The van der Waals surface area contributed by atoms with Gasteiger partial charge in [-0.1, -0.05) is 12.8 Å². The van der Waals surface area contributed by atoms with E-state index in [0.717, 1.165) is 6.61 Å². The first kappa shape index (κ1) is 14.5. The third-order valence-electron chi connectivity index (χ3n) is 3.45. The minimum Gasteiger partial charge on any atom is -0.468 e. The summed E-state index contributed by atoms with van der Waals surface area (Å²) in [5, 5.41) is 0. The van der Waals surface area contributed by atoms with Gasteiger partial charge < -0.3 is 15.2 Å². The quantitative estimate of drug-likeness (QED) is 0.723. The number of carbonyl (C=O) groups excluding carboxylic acids is 1. The summed E-state index contributed by atoms with van der Waals surface area (Å²) in [6, 6.07) is 0. The van der Waals surface area contributed by atoms with Crippen LogP contribution in [0.4, 0.5) is 0 Å². The van der Waals surface area contributed by atoms with E-state index < -0.39 is 5.54 Å². The maximum absolute atomic E-state index is 11.4. The normalized spacial score (nSPS) is 22.1. The number of ether oxygens (including phenoxy) is 2. The molecule has 2 unspecified atom stereocenters. The fourth-order valence-corrected chi connectivity index (χ4v) is 2.45. The van der Waals surface area contributed by atoms with Gasteiger partial charge in [-0.05, 0) is 32.6 Å². The van der Waals surface area contributed by atoms with Gasteiger partial charge in [0.1, 0.15) is 5.54 Å². The maximum Gasteiger partial charge on any atom is 0.325 e. The standard InChI is InChI=1S/C13H25NO3/c1-10(8-13(2,14)12(15)16-3)17-9-11-6-4-5-7-11/h10-11H,4-9,14H2,1-3H3. The highest BCUT2D eigenvalue weighted by Crippen LogP contribution is 2.25. The van der Waals surface area contributed by atoms with Crippen molar-refractivity contribution in [1.29, 1.82) is 0 Å². The van der Waals surface area contributed by atoms with E-state index in [-0.39, 0.29) is 12.1 Å². The third kappa shape index (κ3) is 4.64. The zero-order valence-corrected chi connectivity index (χ0v) is 11.2. The van der Waals surface area contributed by atoms with Crippen molar-refractivity contribution in [3.05, 3.63) is 0 Å². The molecule has 0 bridgehead atoms. The molecule has 100 valence electrons. The largest absolute Gasteiger partial charge is 0.468 e. The number of hydrogen-bond donors (Lipinski definition) is 1. The second-order valence-electron chi connectivity index (χ2n) is 5.41. The molecule has 1 fully saturated rings. The SMILES string of the molecule is COC(=O)C(C)(N)CC(C)OCC1CCCC1. The van der Waals surface area contributed by atoms with Crippen molar-refractivity contribution in [2.24, 2.45) is 11.7 Å². The first-order valence-electron chi connectivity index (χ1n) is 6.44. The number of nitrogens with two attached hydrogens (primary N) is 1. The van der Waals surface area contributed by atoms with Crippen molar-refractivity contribution in [2.45, 2.75) is 57.6 Å². The molecule has 2 atom stereocenters. The molecule has 0 aliphatic heterocycles. The lowest BCUT2D eigenvalue weighted by molar-refractivity contribution is -0.148. The molecule has 1 aliphatic carbocycles. The molecule has 0 aromatic carbocycles. The number of esters is 1. The summed E-state index contributed by atoms with van der Waals surface area (Å²) in [6.07, 6.45) is 5.66. The van der Waals surface area contributed by atoms with Gasteiger partial charge in [-0.3, -0.25) is 4.79 Å². The third-order valence-corrected chi connectivity index (χ3v) is 3.45. The highest BCUT2D eigenvalue weighted by atomic mass is 16.5. The number of hydrogen-bond acceptors (Lipinski definition) is 4. The first-order valence-corrected chi connectivity index (χ1v) is 6.44. The van der Waals surface area contributed by atoms with Crippen LogP contribution in [0, 0.1) is 5.92 Å². The molecule has 0 heterocycles. The van der Waals surface area contributed by atoms with Crippen LogP contribution in [0.3, 0.4) is 0 Å². The number of rotatable bonds is 6. The van der Waals surface area contributed by atoms with E-state index in [0.29, 0.717) is 12.3 Å². The van der Waals surface area contributed by atoms with Gasteiger partial charge in [-0.2, -0.15) is 0 Å². The summed E-state index contributed by atoms with van der Waals surface area (Å²) in [5.41, 5.74) is 4.95. The van der Waals surface area contributed by atoms with Gasteiger partial charge in [0.05, 0.1) is 13.2 Å². The van der Waals surface area contributed by atoms with E-state index in [4.69, 9.17) is 10.5 Å². The minimum absolute atomic E-state index is 0.00954. The van der Waals surface area contributed by atoms with Crippen LogP contribution in [0.2, 0.25) is 0 Å². The molecule has 0 amide bonds. The smallest absolute Gasteiger partial charge is 0.325 e. The van der Waals surface area contributed by atoms with Crippen LogP contribution in [-0.2, 0) is 14.3 Å². The lowest BCUT2D eigenvalue weighted by atomic mass is 9.96. The molecule has 1 saturated carbocycles. The Labute approximate surface area is 104 Å². The van der Waals surface area contributed by atoms with Crippen LogP contribution in [0.5, 0.6) is 0 Å². The van der Waals surface area contributed by atoms with Crippen LogP contribution >= 0.6 is 0 Å². The Kier molecular flexibility index (Phi) is 5.40. The van der Waals surface area contributed by atoms with E-state index in [1.807, 2.05) is 6.92 Å². The lowest BCUT2D eigenvalue weighted by Gasteiger charge is -2.26. The summed E-state index contributed by atoms with van der Waals surface area (Å²) < 4.78 is 10.4. The van der Waals surface area contributed by atoms with Gasteiger partial charge in [0.2, 0.25) is 0 Å². The van der Waals surface area contributed by atoms with E-state index in [1.165, 1.54) is 32.8 Å². The summed E-state index contributed by atoms with van der Waals surface area (Å²) >= 11 is 0. The highest BCUT2D eigenvalue weighted by Gasteiger charge is 2.32. The van der Waals surface area contributed by atoms with Gasteiger partial charge in [0.25, 0.3) is 0 Å². The maximum atomic E-state index is 11.4. The Morgan fingerprint density at radius 3 is 2.59 bits per heavy atom. The predicted molar refractivity (Wildman–Crippen MR) is 66.6 cm³/mol. The van der Waals surface area contributed by atoms with E-state index in [9.17, 15) is 4.79 Å². The summed E-state index contributed by atoms with van der Waals surface area (Å²) in [6.45, 7) is 4.44. The fourth-order valence-electron chi connectivity index (χ4n) is 2.45. The van der Waals surface area contributed by atoms with Crippen LogP contribution < -0.4 is 5.73 Å². The molecule has 1 rings (SSSR count). The molecule has 0 spiro atoms. The molecule has 0 aromatic heterocycles. The van der Waals surface area contributed by atoms with Gasteiger partial charge in [0, 0.05) is 13.0 Å². The van der Waals surface area contributed by atoms with Crippen LogP contribution in [0.25, 0.3) is 0 Å². The molecular formula is C13H25NO3. The Bertz CT molecular complexity index is 247. The lowest BCUT2D eigenvalue weighted by Crippen LogP contribution is -2.48. The Morgan fingerprint density at radius 1 is 1.47 bits per heavy atom. The first-order chi connectivity index (χ1) is 7.95. The van der Waals surface area contributed by atoms with E-state index in [2.05, 4.69) is 4.74 Å². The fraction of sp³-hybridized carbons (Fsp3) is 0.923. The topological polar surface area (TPSA) is 61.5 Å². The summed E-state index contributed by atoms with van der Waals surface area (Å²) in [4.78, 5) is 11.4. The second-order valence-corrected chi connectivity index (χ2v) is 5.41. The molecule has 2 N–H and O–H groups in total. The Balaban J connectivity index is 2.27.